The highest BCUT2D eigenvalue weighted by Gasteiger charge is 2.57. The van der Waals surface area contributed by atoms with Crippen LogP contribution in [0, 0.1) is 28.1 Å². The highest BCUT2D eigenvalue weighted by molar-refractivity contribution is 5.90. The van der Waals surface area contributed by atoms with E-state index in [-0.39, 0.29) is 23.4 Å². The van der Waals surface area contributed by atoms with E-state index in [9.17, 15) is 4.79 Å². The number of ketones is 1. The Morgan fingerprint density at radius 3 is 2.65 bits per heavy atom. The Balaban J connectivity index is 2.38. The van der Waals surface area contributed by atoms with Crippen LogP contribution >= 0.6 is 0 Å². The Hall–Kier alpha value is -0.880. The van der Waals surface area contributed by atoms with Crippen LogP contribution in [0.4, 0.5) is 0 Å². The standard InChI is InChI=1S/C14H21NO2/c1-9-5-6-14(4)7-10(8-15)11(16)13(2,3)12(14)17-9/h9-10,12H,5-7H2,1-4H3. The third kappa shape index (κ3) is 1.79. The normalized spacial score (nSPS) is 44.9. The molecule has 2 aliphatic rings. The minimum absolute atomic E-state index is 0.0235. The number of rotatable bonds is 0. The lowest BCUT2D eigenvalue weighted by atomic mass is 9.55. The largest absolute Gasteiger partial charge is 0.374 e. The van der Waals surface area contributed by atoms with Crippen LogP contribution in [0.3, 0.4) is 0 Å². The summed E-state index contributed by atoms with van der Waals surface area (Å²) in [5.74, 6) is -0.403. The first-order chi connectivity index (χ1) is 7.81. The Morgan fingerprint density at radius 2 is 2.06 bits per heavy atom. The number of fused-ring (bicyclic) bond motifs is 1. The summed E-state index contributed by atoms with van der Waals surface area (Å²) in [4.78, 5) is 12.3. The van der Waals surface area contributed by atoms with Crippen LogP contribution in [0.25, 0.3) is 0 Å². The zero-order valence-corrected chi connectivity index (χ0v) is 11.1. The predicted molar refractivity (Wildman–Crippen MR) is 64.2 cm³/mol. The van der Waals surface area contributed by atoms with Gasteiger partial charge in [0.05, 0.1) is 23.7 Å². The topological polar surface area (TPSA) is 50.1 Å². The van der Waals surface area contributed by atoms with Gasteiger partial charge in [-0.1, -0.05) is 20.8 Å². The van der Waals surface area contributed by atoms with Gasteiger partial charge in [0, 0.05) is 0 Å². The molecular formula is C14H21NO2. The van der Waals surface area contributed by atoms with Crippen molar-refractivity contribution in [2.45, 2.75) is 59.2 Å². The van der Waals surface area contributed by atoms with Crippen molar-refractivity contribution in [1.29, 1.82) is 5.26 Å². The van der Waals surface area contributed by atoms with E-state index in [4.69, 9.17) is 10.00 Å². The second kappa shape index (κ2) is 3.81. The zero-order chi connectivity index (χ0) is 12.8. The minimum Gasteiger partial charge on any atom is -0.374 e. The molecular weight excluding hydrogens is 214 g/mol. The summed E-state index contributed by atoms with van der Waals surface area (Å²) in [5, 5.41) is 9.14. The lowest BCUT2D eigenvalue weighted by Crippen LogP contribution is -2.59. The summed E-state index contributed by atoms with van der Waals surface area (Å²) >= 11 is 0. The van der Waals surface area contributed by atoms with Gasteiger partial charge in [-0.2, -0.15) is 5.26 Å². The molecule has 0 N–H and O–H groups in total. The molecule has 17 heavy (non-hydrogen) atoms. The Morgan fingerprint density at radius 1 is 1.41 bits per heavy atom. The lowest BCUT2D eigenvalue weighted by molar-refractivity contribution is -0.194. The van der Waals surface area contributed by atoms with Crippen LogP contribution in [0.5, 0.6) is 0 Å². The van der Waals surface area contributed by atoms with Crippen molar-refractivity contribution >= 4 is 5.78 Å². The molecule has 0 amide bonds. The van der Waals surface area contributed by atoms with E-state index in [0.717, 1.165) is 12.8 Å². The number of nitrogens with zero attached hydrogens (tertiary/aromatic N) is 1. The predicted octanol–water partition coefficient (Wildman–Crippen LogP) is 2.70. The lowest BCUT2D eigenvalue weighted by Gasteiger charge is -2.54. The molecule has 0 aromatic carbocycles. The molecule has 1 heterocycles. The van der Waals surface area contributed by atoms with Gasteiger partial charge in [0.1, 0.15) is 5.92 Å². The van der Waals surface area contributed by atoms with Gasteiger partial charge in [0.25, 0.3) is 0 Å². The van der Waals surface area contributed by atoms with Crippen molar-refractivity contribution in [2.24, 2.45) is 16.7 Å². The molecule has 1 saturated carbocycles. The highest BCUT2D eigenvalue weighted by Crippen LogP contribution is 2.53. The third-order valence-corrected chi connectivity index (χ3v) is 4.56. The Kier molecular flexibility index (Phi) is 2.82. The van der Waals surface area contributed by atoms with Crippen LogP contribution in [0.2, 0.25) is 0 Å². The smallest absolute Gasteiger partial charge is 0.158 e. The number of hydrogen-bond acceptors (Lipinski definition) is 3. The summed E-state index contributed by atoms with van der Waals surface area (Å²) in [6.07, 6.45) is 2.90. The molecule has 94 valence electrons. The van der Waals surface area contributed by atoms with Gasteiger partial charge in [-0.15, -0.1) is 0 Å². The van der Waals surface area contributed by atoms with Crippen molar-refractivity contribution in [3.8, 4) is 6.07 Å². The molecule has 0 aromatic heterocycles. The number of ether oxygens (including phenoxy) is 1. The van der Waals surface area contributed by atoms with E-state index in [2.05, 4.69) is 19.9 Å². The van der Waals surface area contributed by atoms with Crippen LogP contribution in [-0.4, -0.2) is 18.0 Å². The van der Waals surface area contributed by atoms with Gasteiger partial charge < -0.3 is 4.74 Å². The van der Waals surface area contributed by atoms with Crippen LogP contribution in [0.1, 0.15) is 47.0 Å². The van der Waals surface area contributed by atoms with Crippen LogP contribution in [-0.2, 0) is 9.53 Å². The molecule has 2 rings (SSSR count). The molecule has 4 atom stereocenters. The summed E-state index contributed by atoms with van der Waals surface area (Å²) in [7, 11) is 0. The Bertz CT molecular complexity index is 382. The number of carbonyl (C=O) groups excluding carboxylic acids is 1. The fourth-order valence-electron chi connectivity index (χ4n) is 3.62. The average molecular weight is 235 g/mol. The van der Waals surface area contributed by atoms with Gasteiger partial charge in [0.2, 0.25) is 0 Å². The molecule has 3 heteroatoms. The van der Waals surface area contributed by atoms with E-state index in [1.54, 1.807) is 0 Å². The molecule has 2 fully saturated rings. The monoisotopic (exact) mass is 235 g/mol. The van der Waals surface area contributed by atoms with E-state index in [1.807, 2.05) is 13.8 Å². The second-order valence-electron chi connectivity index (χ2n) is 6.49. The quantitative estimate of drug-likeness (QED) is 0.648. The van der Waals surface area contributed by atoms with Gasteiger partial charge in [-0.3, -0.25) is 4.79 Å². The molecule has 0 spiro atoms. The van der Waals surface area contributed by atoms with E-state index >= 15 is 0 Å². The fraction of sp³-hybridized carbons (Fsp3) is 0.857. The van der Waals surface area contributed by atoms with Crippen molar-refractivity contribution in [3.63, 3.8) is 0 Å². The van der Waals surface area contributed by atoms with Gasteiger partial charge in [-0.05, 0) is 31.6 Å². The van der Waals surface area contributed by atoms with Gasteiger partial charge in [0.15, 0.2) is 5.78 Å². The first-order valence-corrected chi connectivity index (χ1v) is 6.40. The molecule has 0 aromatic rings. The van der Waals surface area contributed by atoms with Crippen LogP contribution in [0.15, 0.2) is 0 Å². The van der Waals surface area contributed by atoms with Crippen molar-refractivity contribution in [1.82, 2.24) is 0 Å². The number of Topliss-reactive ketones (excluding diaryl/α,β-unsaturated/α-hetero) is 1. The van der Waals surface area contributed by atoms with Crippen molar-refractivity contribution < 1.29 is 9.53 Å². The fourth-order valence-corrected chi connectivity index (χ4v) is 3.62. The maximum absolute atomic E-state index is 12.3. The number of carbonyl (C=O) groups is 1. The summed E-state index contributed by atoms with van der Waals surface area (Å²) in [6.45, 7) is 8.10. The van der Waals surface area contributed by atoms with E-state index in [0.29, 0.717) is 6.42 Å². The van der Waals surface area contributed by atoms with Crippen molar-refractivity contribution in [2.75, 3.05) is 0 Å². The number of hydrogen-bond donors (Lipinski definition) is 0. The summed E-state index contributed by atoms with van der Waals surface area (Å²) < 4.78 is 6.04. The first-order valence-electron chi connectivity index (χ1n) is 6.40. The molecule has 0 radical (unpaired) electrons. The number of nitriles is 1. The Labute approximate surface area is 103 Å². The SMILES string of the molecule is CC1CCC2(C)CC(C#N)C(=O)C(C)(C)C2O1. The molecule has 4 unspecified atom stereocenters. The van der Waals surface area contributed by atoms with Crippen LogP contribution < -0.4 is 0 Å². The molecule has 3 nitrogen and oxygen atoms in total. The summed E-state index contributed by atoms with van der Waals surface area (Å²) in [6, 6.07) is 2.17. The molecule has 1 saturated heterocycles. The van der Waals surface area contributed by atoms with Crippen molar-refractivity contribution in [3.05, 3.63) is 0 Å². The maximum Gasteiger partial charge on any atom is 0.158 e. The molecule has 1 aliphatic heterocycles. The zero-order valence-electron chi connectivity index (χ0n) is 11.1. The van der Waals surface area contributed by atoms with E-state index < -0.39 is 11.3 Å². The summed E-state index contributed by atoms with van der Waals surface area (Å²) in [5.41, 5.74) is -0.563. The maximum atomic E-state index is 12.3. The van der Waals surface area contributed by atoms with Gasteiger partial charge in [-0.25, -0.2) is 0 Å². The highest BCUT2D eigenvalue weighted by atomic mass is 16.5. The molecule has 0 bridgehead atoms. The second-order valence-corrected chi connectivity index (χ2v) is 6.49. The average Bonchev–Trinajstić information content (AvgIpc) is 2.27. The first kappa shape index (κ1) is 12.6. The minimum atomic E-state index is -0.540. The van der Waals surface area contributed by atoms with Gasteiger partial charge >= 0.3 is 0 Å². The molecule has 1 aliphatic carbocycles. The van der Waals surface area contributed by atoms with E-state index in [1.165, 1.54) is 0 Å². The third-order valence-electron chi connectivity index (χ3n) is 4.56.